The zero-order chi connectivity index (χ0) is 24.9. The summed E-state index contributed by atoms with van der Waals surface area (Å²) >= 11 is 0. The fourth-order valence-electron chi connectivity index (χ4n) is 4.42. The average Bonchev–Trinajstić information content (AvgIpc) is 3.53. The smallest absolute Gasteiger partial charge is 0.156 e. The van der Waals surface area contributed by atoms with Gasteiger partial charge in [-0.25, -0.2) is 4.68 Å². The van der Waals surface area contributed by atoms with Crippen LogP contribution in [0, 0.1) is 13.8 Å². The lowest BCUT2D eigenvalue weighted by atomic mass is 10.1. The lowest BCUT2D eigenvalue weighted by Crippen LogP contribution is -2.32. The van der Waals surface area contributed by atoms with Crippen molar-refractivity contribution in [3.8, 4) is 22.8 Å². The molecule has 0 aliphatic carbocycles. The number of aromatic nitrogens is 3. The van der Waals surface area contributed by atoms with Crippen LogP contribution in [0.3, 0.4) is 0 Å². The quantitative estimate of drug-likeness (QED) is 0.278. The zero-order valence-corrected chi connectivity index (χ0v) is 21.1. The molecule has 36 heavy (non-hydrogen) atoms. The molecule has 1 saturated heterocycles. The summed E-state index contributed by atoms with van der Waals surface area (Å²) in [6, 6.07) is 24.7. The van der Waals surface area contributed by atoms with Crippen molar-refractivity contribution in [2.75, 3.05) is 6.61 Å². The van der Waals surface area contributed by atoms with Crippen LogP contribution in [-0.4, -0.2) is 33.8 Å². The molecule has 6 heteroatoms. The third-order valence-corrected chi connectivity index (χ3v) is 6.52. The van der Waals surface area contributed by atoms with Gasteiger partial charge in [0.15, 0.2) is 6.23 Å². The number of hydrogen-bond acceptors (Lipinski definition) is 5. The van der Waals surface area contributed by atoms with Crippen molar-refractivity contribution in [3.63, 3.8) is 0 Å². The summed E-state index contributed by atoms with van der Waals surface area (Å²) in [5, 5.41) is 8.81. The second-order valence-corrected chi connectivity index (χ2v) is 9.49. The van der Waals surface area contributed by atoms with Crippen molar-refractivity contribution < 1.29 is 14.2 Å². The van der Waals surface area contributed by atoms with E-state index in [1.54, 1.807) is 4.68 Å². The van der Waals surface area contributed by atoms with Crippen molar-refractivity contribution >= 4 is 0 Å². The number of aryl methyl sites for hydroxylation is 3. The van der Waals surface area contributed by atoms with Crippen molar-refractivity contribution in [2.24, 2.45) is 0 Å². The number of ether oxygens (including phenoxy) is 3. The summed E-state index contributed by atoms with van der Waals surface area (Å²) in [5.74, 6) is 1.64. The zero-order valence-electron chi connectivity index (χ0n) is 21.1. The molecule has 2 heterocycles. The number of benzene rings is 3. The summed E-state index contributed by atoms with van der Waals surface area (Å²) in [4.78, 5) is 0. The van der Waals surface area contributed by atoms with E-state index in [-0.39, 0.29) is 18.4 Å². The van der Waals surface area contributed by atoms with Gasteiger partial charge in [-0.15, -0.1) is 5.10 Å². The van der Waals surface area contributed by atoms with E-state index >= 15 is 0 Å². The molecule has 1 aromatic heterocycles. The molecule has 186 valence electrons. The third-order valence-electron chi connectivity index (χ3n) is 6.52. The molecule has 0 radical (unpaired) electrons. The lowest BCUT2D eigenvalue weighted by molar-refractivity contribution is -0.0406. The highest BCUT2D eigenvalue weighted by molar-refractivity contribution is 5.58. The maximum Gasteiger partial charge on any atom is 0.156 e. The van der Waals surface area contributed by atoms with Gasteiger partial charge in [-0.05, 0) is 50.1 Å². The Morgan fingerprint density at radius 3 is 2.22 bits per heavy atom. The first-order valence-electron chi connectivity index (χ1n) is 12.7. The van der Waals surface area contributed by atoms with Crippen molar-refractivity contribution in [3.05, 3.63) is 95.7 Å². The Morgan fingerprint density at radius 1 is 0.889 bits per heavy atom. The molecular weight excluding hydrogens is 450 g/mol. The second kappa shape index (κ2) is 11.0. The Bertz CT molecular complexity index is 1250. The largest absolute Gasteiger partial charge is 0.491 e. The van der Waals surface area contributed by atoms with E-state index in [0.717, 1.165) is 35.6 Å². The maximum atomic E-state index is 6.41. The Balaban J connectivity index is 1.31. The van der Waals surface area contributed by atoms with Gasteiger partial charge in [0.1, 0.15) is 36.0 Å². The molecule has 5 rings (SSSR count). The molecule has 0 N–H and O–H groups in total. The van der Waals surface area contributed by atoms with Gasteiger partial charge in [-0.3, -0.25) is 0 Å². The second-order valence-electron chi connectivity index (χ2n) is 9.49. The molecule has 1 aliphatic heterocycles. The predicted molar refractivity (Wildman–Crippen MR) is 140 cm³/mol. The summed E-state index contributed by atoms with van der Waals surface area (Å²) < 4.78 is 20.6. The van der Waals surface area contributed by atoms with Crippen LogP contribution in [0.1, 0.15) is 42.7 Å². The molecule has 3 atom stereocenters. The number of hydrogen-bond donors (Lipinski definition) is 0. The summed E-state index contributed by atoms with van der Waals surface area (Å²) in [6.07, 6.45) is 4.10. The van der Waals surface area contributed by atoms with Gasteiger partial charge in [-0.2, -0.15) is 0 Å². The molecule has 0 saturated carbocycles. The standard InChI is InChI=1S/C30H33N3O3/c1-4-5-23-10-12-24(13-11-23)27-19-33(32-31-27)30-18-28(35-26-16-8-22(3)9-17-26)29(36-30)20-34-25-14-6-21(2)7-15-25/h6-17,19,28-30H,4-5,18,20H2,1-3H3/t28-,29+,30-/m0/s1. The van der Waals surface area contributed by atoms with Crippen LogP contribution in [0.5, 0.6) is 11.5 Å². The van der Waals surface area contributed by atoms with Gasteiger partial charge in [0.25, 0.3) is 0 Å². The van der Waals surface area contributed by atoms with Crippen LogP contribution >= 0.6 is 0 Å². The first kappa shape index (κ1) is 24.1. The average molecular weight is 484 g/mol. The fraction of sp³-hybridized carbons (Fsp3) is 0.333. The van der Waals surface area contributed by atoms with Gasteiger partial charge in [0.05, 0.1) is 6.20 Å². The van der Waals surface area contributed by atoms with Crippen molar-refractivity contribution in [2.45, 2.75) is 58.5 Å². The molecule has 0 spiro atoms. The van der Waals surface area contributed by atoms with E-state index < -0.39 is 0 Å². The number of rotatable bonds is 9. The molecule has 4 aromatic rings. The highest BCUT2D eigenvalue weighted by Crippen LogP contribution is 2.33. The van der Waals surface area contributed by atoms with E-state index in [1.807, 2.05) is 42.6 Å². The van der Waals surface area contributed by atoms with Gasteiger partial charge in [0, 0.05) is 12.0 Å². The van der Waals surface area contributed by atoms with E-state index in [1.165, 1.54) is 16.7 Å². The molecule has 0 bridgehead atoms. The minimum atomic E-state index is -0.285. The molecule has 0 unspecified atom stereocenters. The molecule has 0 amide bonds. The molecule has 1 fully saturated rings. The van der Waals surface area contributed by atoms with Crippen LogP contribution < -0.4 is 9.47 Å². The monoisotopic (exact) mass is 483 g/mol. The van der Waals surface area contributed by atoms with E-state index in [0.29, 0.717) is 13.0 Å². The Kier molecular flexibility index (Phi) is 7.33. The first-order chi connectivity index (χ1) is 17.6. The highest BCUT2D eigenvalue weighted by Gasteiger charge is 2.39. The summed E-state index contributed by atoms with van der Waals surface area (Å²) in [6.45, 7) is 6.70. The highest BCUT2D eigenvalue weighted by atomic mass is 16.6. The van der Waals surface area contributed by atoms with Crippen molar-refractivity contribution in [1.29, 1.82) is 0 Å². The summed E-state index contributed by atoms with van der Waals surface area (Å²) in [5.41, 5.74) is 5.60. The first-order valence-corrected chi connectivity index (χ1v) is 12.7. The van der Waals surface area contributed by atoms with E-state index in [9.17, 15) is 0 Å². The lowest BCUT2D eigenvalue weighted by Gasteiger charge is -2.20. The predicted octanol–water partition coefficient (Wildman–Crippen LogP) is 6.33. The Hall–Kier alpha value is -3.64. The minimum absolute atomic E-state index is 0.177. The van der Waals surface area contributed by atoms with Crippen molar-refractivity contribution in [1.82, 2.24) is 15.0 Å². The Morgan fingerprint density at radius 2 is 1.56 bits per heavy atom. The van der Waals surface area contributed by atoms with Crippen LogP contribution in [0.15, 0.2) is 79.0 Å². The number of nitrogens with zero attached hydrogens (tertiary/aromatic N) is 3. The van der Waals surface area contributed by atoms with Crippen LogP contribution in [0.2, 0.25) is 0 Å². The van der Waals surface area contributed by atoms with Crippen LogP contribution in [-0.2, 0) is 11.2 Å². The fourth-order valence-corrected chi connectivity index (χ4v) is 4.42. The SMILES string of the molecule is CCCc1ccc(-c2cn([C@@H]3C[C@H](Oc4ccc(C)cc4)[C@@H](COc4ccc(C)cc4)O3)nn2)cc1. The minimum Gasteiger partial charge on any atom is -0.491 e. The van der Waals surface area contributed by atoms with Gasteiger partial charge in [-0.1, -0.05) is 78.2 Å². The molecular formula is C30H33N3O3. The van der Waals surface area contributed by atoms with E-state index in [2.05, 4.69) is 67.5 Å². The topological polar surface area (TPSA) is 58.4 Å². The van der Waals surface area contributed by atoms with E-state index in [4.69, 9.17) is 14.2 Å². The van der Waals surface area contributed by atoms with Gasteiger partial charge >= 0.3 is 0 Å². The third kappa shape index (κ3) is 5.77. The maximum absolute atomic E-state index is 6.41. The molecule has 3 aromatic carbocycles. The summed E-state index contributed by atoms with van der Waals surface area (Å²) in [7, 11) is 0. The van der Waals surface area contributed by atoms with Gasteiger partial charge < -0.3 is 14.2 Å². The molecule has 1 aliphatic rings. The van der Waals surface area contributed by atoms with Crippen LogP contribution in [0.4, 0.5) is 0 Å². The molecule has 6 nitrogen and oxygen atoms in total. The normalized spacial score (nSPS) is 19.4. The van der Waals surface area contributed by atoms with Gasteiger partial charge in [0.2, 0.25) is 0 Å². The Labute approximate surface area is 212 Å². The van der Waals surface area contributed by atoms with Crippen LogP contribution in [0.25, 0.3) is 11.3 Å².